The summed E-state index contributed by atoms with van der Waals surface area (Å²) >= 11 is 0. The van der Waals surface area contributed by atoms with Crippen LogP contribution in [0.15, 0.2) is 23.1 Å². The van der Waals surface area contributed by atoms with Crippen molar-refractivity contribution < 1.29 is 8.42 Å². The topological polar surface area (TPSA) is 46.2 Å². The Morgan fingerprint density at radius 1 is 1.21 bits per heavy atom. The largest absolute Gasteiger partial charge is 0.315 e. The quantitative estimate of drug-likeness (QED) is 0.837. The highest BCUT2D eigenvalue weighted by Gasteiger charge is 2.15. The van der Waals surface area contributed by atoms with E-state index in [1.807, 2.05) is 19.9 Å². The lowest BCUT2D eigenvalue weighted by atomic mass is 10.1. The highest BCUT2D eigenvalue weighted by atomic mass is 32.2. The molecule has 0 aliphatic carbocycles. The van der Waals surface area contributed by atoms with Crippen molar-refractivity contribution in [2.75, 3.05) is 12.3 Å². The van der Waals surface area contributed by atoms with Crippen LogP contribution in [0.1, 0.15) is 37.8 Å². The van der Waals surface area contributed by atoms with Gasteiger partial charge in [-0.2, -0.15) is 0 Å². The lowest BCUT2D eigenvalue weighted by Crippen LogP contribution is -2.26. The van der Waals surface area contributed by atoms with Crippen LogP contribution < -0.4 is 5.32 Å². The van der Waals surface area contributed by atoms with E-state index in [0.29, 0.717) is 17.4 Å². The predicted molar refractivity (Wildman–Crippen MR) is 80.3 cm³/mol. The zero-order chi connectivity index (χ0) is 14.5. The number of hydrogen-bond donors (Lipinski definition) is 1. The summed E-state index contributed by atoms with van der Waals surface area (Å²) in [4.78, 5) is 0.451. The molecule has 0 amide bonds. The van der Waals surface area contributed by atoms with Gasteiger partial charge in [-0.05, 0) is 63.4 Å². The van der Waals surface area contributed by atoms with E-state index >= 15 is 0 Å². The van der Waals surface area contributed by atoms with E-state index in [0.717, 1.165) is 24.1 Å². The van der Waals surface area contributed by atoms with Crippen molar-refractivity contribution >= 4 is 9.84 Å². The smallest absolute Gasteiger partial charge is 0.178 e. The first-order valence-electron chi connectivity index (χ1n) is 6.90. The first kappa shape index (κ1) is 16.2. The molecular weight excluding hydrogens is 258 g/mol. The normalized spacial score (nSPS) is 13.5. The fourth-order valence-electron chi connectivity index (χ4n) is 2.06. The number of aryl methyl sites for hydroxylation is 2. The molecule has 0 aromatic heterocycles. The maximum Gasteiger partial charge on any atom is 0.178 e. The Morgan fingerprint density at radius 2 is 1.89 bits per heavy atom. The molecule has 108 valence electrons. The van der Waals surface area contributed by atoms with Gasteiger partial charge < -0.3 is 5.32 Å². The van der Waals surface area contributed by atoms with Gasteiger partial charge >= 0.3 is 0 Å². The molecular formula is C15H25NO2S. The first-order valence-corrected chi connectivity index (χ1v) is 8.55. The van der Waals surface area contributed by atoms with Gasteiger partial charge in [-0.25, -0.2) is 8.42 Å². The zero-order valence-electron chi connectivity index (χ0n) is 12.4. The zero-order valence-corrected chi connectivity index (χ0v) is 13.2. The number of rotatable bonds is 7. The van der Waals surface area contributed by atoms with Crippen LogP contribution >= 0.6 is 0 Å². The molecule has 1 unspecified atom stereocenters. The van der Waals surface area contributed by atoms with Crippen LogP contribution in [0.4, 0.5) is 0 Å². The number of nitrogens with one attached hydrogen (secondary N) is 1. The van der Waals surface area contributed by atoms with Gasteiger partial charge in [0.2, 0.25) is 0 Å². The molecule has 0 heterocycles. The second-order valence-corrected chi connectivity index (χ2v) is 7.28. The fourth-order valence-corrected chi connectivity index (χ4v) is 3.47. The molecule has 1 aromatic rings. The van der Waals surface area contributed by atoms with E-state index in [4.69, 9.17) is 0 Å². The van der Waals surface area contributed by atoms with Crippen LogP contribution in [0.3, 0.4) is 0 Å². The highest BCUT2D eigenvalue weighted by molar-refractivity contribution is 7.91. The van der Waals surface area contributed by atoms with Crippen LogP contribution in [0, 0.1) is 13.8 Å². The molecule has 0 bridgehead atoms. The maximum absolute atomic E-state index is 12.2. The third-order valence-corrected chi connectivity index (χ3v) is 5.24. The lowest BCUT2D eigenvalue weighted by Gasteiger charge is -2.12. The molecule has 19 heavy (non-hydrogen) atoms. The third-order valence-electron chi connectivity index (χ3n) is 3.44. The Bertz CT molecular complexity index is 509. The molecule has 0 fully saturated rings. The summed E-state index contributed by atoms with van der Waals surface area (Å²) < 4.78 is 24.4. The predicted octanol–water partition coefficient (Wildman–Crippen LogP) is 2.86. The maximum atomic E-state index is 12.2. The monoisotopic (exact) mass is 283 g/mol. The number of benzene rings is 1. The molecule has 0 saturated carbocycles. The minimum Gasteiger partial charge on any atom is -0.315 e. The average Bonchev–Trinajstić information content (AvgIpc) is 2.32. The number of hydrogen-bond acceptors (Lipinski definition) is 3. The second kappa shape index (κ2) is 7.06. The van der Waals surface area contributed by atoms with Gasteiger partial charge in [-0.15, -0.1) is 0 Å². The molecule has 0 aliphatic heterocycles. The molecule has 1 aromatic carbocycles. The molecule has 1 N–H and O–H groups in total. The van der Waals surface area contributed by atoms with Crippen molar-refractivity contribution in [3.8, 4) is 0 Å². The SMILES string of the molecule is CCNC(C)CCCS(=O)(=O)c1ccc(C)c(C)c1. The molecule has 0 aliphatic rings. The van der Waals surface area contributed by atoms with Crippen LogP contribution in [0.25, 0.3) is 0 Å². The summed E-state index contributed by atoms with van der Waals surface area (Å²) in [6, 6.07) is 5.74. The second-order valence-electron chi connectivity index (χ2n) is 5.17. The summed E-state index contributed by atoms with van der Waals surface area (Å²) in [6.07, 6.45) is 1.58. The molecule has 4 heteroatoms. The third kappa shape index (κ3) is 4.96. The van der Waals surface area contributed by atoms with Crippen molar-refractivity contribution in [3.63, 3.8) is 0 Å². The first-order chi connectivity index (χ1) is 8.86. The Kier molecular flexibility index (Phi) is 6.01. The Morgan fingerprint density at radius 3 is 2.47 bits per heavy atom. The Hall–Kier alpha value is -0.870. The molecule has 3 nitrogen and oxygen atoms in total. The van der Waals surface area contributed by atoms with Gasteiger partial charge in [0.25, 0.3) is 0 Å². The highest BCUT2D eigenvalue weighted by Crippen LogP contribution is 2.17. The summed E-state index contributed by atoms with van der Waals surface area (Å²) in [5.41, 5.74) is 2.15. The summed E-state index contributed by atoms with van der Waals surface area (Å²) in [5, 5.41) is 3.29. The standard InChI is InChI=1S/C15H25NO2S/c1-5-16-14(4)7-6-10-19(17,18)15-9-8-12(2)13(3)11-15/h8-9,11,14,16H,5-7,10H2,1-4H3. The van der Waals surface area contributed by atoms with E-state index in [-0.39, 0.29) is 5.75 Å². The van der Waals surface area contributed by atoms with Gasteiger partial charge in [0.1, 0.15) is 0 Å². The number of sulfone groups is 1. The van der Waals surface area contributed by atoms with Crippen LogP contribution in [0.2, 0.25) is 0 Å². The molecule has 0 saturated heterocycles. The molecule has 0 radical (unpaired) electrons. The minimum atomic E-state index is -3.14. The van der Waals surface area contributed by atoms with Crippen molar-refractivity contribution in [3.05, 3.63) is 29.3 Å². The van der Waals surface area contributed by atoms with Crippen molar-refractivity contribution in [1.29, 1.82) is 0 Å². The van der Waals surface area contributed by atoms with Gasteiger partial charge in [-0.1, -0.05) is 13.0 Å². The van der Waals surface area contributed by atoms with Crippen molar-refractivity contribution in [1.82, 2.24) is 5.32 Å². The van der Waals surface area contributed by atoms with Crippen molar-refractivity contribution in [2.45, 2.75) is 51.5 Å². The van der Waals surface area contributed by atoms with Gasteiger partial charge in [0, 0.05) is 6.04 Å². The van der Waals surface area contributed by atoms with Gasteiger partial charge in [0.05, 0.1) is 10.6 Å². The molecule has 1 atom stereocenters. The minimum absolute atomic E-state index is 0.227. The summed E-state index contributed by atoms with van der Waals surface area (Å²) in [6.45, 7) is 9.00. The Labute approximate surface area is 117 Å². The van der Waals surface area contributed by atoms with Crippen molar-refractivity contribution in [2.24, 2.45) is 0 Å². The van der Waals surface area contributed by atoms with Crippen LogP contribution in [0.5, 0.6) is 0 Å². The van der Waals surface area contributed by atoms with E-state index < -0.39 is 9.84 Å². The van der Waals surface area contributed by atoms with E-state index in [9.17, 15) is 8.42 Å². The summed E-state index contributed by atoms with van der Waals surface area (Å²) in [5.74, 6) is 0.227. The van der Waals surface area contributed by atoms with E-state index in [1.54, 1.807) is 12.1 Å². The Balaban J connectivity index is 2.63. The average molecular weight is 283 g/mol. The van der Waals surface area contributed by atoms with Crippen LogP contribution in [-0.4, -0.2) is 26.8 Å². The van der Waals surface area contributed by atoms with E-state index in [2.05, 4.69) is 19.2 Å². The van der Waals surface area contributed by atoms with Gasteiger partial charge in [-0.3, -0.25) is 0 Å². The lowest BCUT2D eigenvalue weighted by molar-refractivity contribution is 0.521. The van der Waals surface area contributed by atoms with Gasteiger partial charge in [0.15, 0.2) is 9.84 Å². The summed E-state index contributed by atoms with van der Waals surface area (Å²) in [7, 11) is -3.14. The molecule has 0 spiro atoms. The fraction of sp³-hybridized carbons (Fsp3) is 0.600. The van der Waals surface area contributed by atoms with Crippen LogP contribution in [-0.2, 0) is 9.84 Å². The van der Waals surface area contributed by atoms with E-state index in [1.165, 1.54) is 0 Å². The molecule has 1 rings (SSSR count).